The highest BCUT2D eigenvalue weighted by Crippen LogP contribution is 2.17. The Balaban J connectivity index is 2.94. The van der Waals surface area contributed by atoms with E-state index in [2.05, 4.69) is 5.32 Å². The third-order valence-corrected chi connectivity index (χ3v) is 2.97. The Hall–Kier alpha value is -1.88. The van der Waals surface area contributed by atoms with Crippen molar-refractivity contribution in [3.8, 4) is 0 Å². The van der Waals surface area contributed by atoms with Crippen LogP contribution in [0.4, 0.5) is 5.69 Å². The highest BCUT2D eigenvalue weighted by Gasteiger charge is 2.29. The van der Waals surface area contributed by atoms with Crippen LogP contribution in [0, 0.1) is 0 Å². The minimum absolute atomic E-state index is 0.0897. The molecule has 1 rings (SSSR count). The lowest BCUT2D eigenvalue weighted by Gasteiger charge is -2.29. The van der Waals surface area contributed by atoms with Crippen LogP contribution in [0.2, 0.25) is 0 Å². The van der Waals surface area contributed by atoms with Gasteiger partial charge in [-0.15, -0.1) is 0 Å². The number of nitrogens with zero attached hydrogens (tertiary/aromatic N) is 1. The Kier molecular flexibility index (Phi) is 4.08. The van der Waals surface area contributed by atoms with Crippen LogP contribution in [0.5, 0.6) is 0 Å². The second-order valence-electron chi connectivity index (χ2n) is 4.59. The number of carboxylic acids is 1. The lowest BCUT2D eigenvalue weighted by Crippen LogP contribution is -2.51. The molecule has 0 unspecified atom stereocenters. The molecule has 0 spiro atoms. The van der Waals surface area contributed by atoms with Gasteiger partial charge in [0.05, 0.1) is 11.1 Å². The van der Waals surface area contributed by atoms with E-state index in [-0.39, 0.29) is 11.5 Å². The van der Waals surface area contributed by atoms with E-state index in [1.54, 1.807) is 40.1 Å². The first-order chi connectivity index (χ1) is 8.29. The lowest BCUT2D eigenvalue weighted by molar-refractivity contribution is -0.123. The van der Waals surface area contributed by atoms with E-state index in [4.69, 9.17) is 5.11 Å². The number of carbonyl (C=O) groups is 2. The fourth-order valence-electron chi connectivity index (χ4n) is 1.47. The molecule has 18 heavy (non-hydrogen) atoms. The van der Waals surface area contributed by atoms with Gasteiger partial charge in [-0.1, -0.05) is 0 Å². The van der Waals surface area contributed by atoms with Crippen LogP contribution in [0.25, 0.3) is 0 Å². The standard InChI is InChI=1S/C13H18N2O3/c1-13(2,14-3)12(18)15(4)10-7-5-9(6-8-10)11(16)17/h5-8,14H,1-4H3,(H,16,17). The maximum Gasteiger partial charge on any atom is 0.335 e. The van der Waals surface area contributed by atoms with Crippen molar-refractivity contribution in [2.24, 2.45) is 0 Å². The van der Waals surface area contributed by atoms with Crippen LogP contribution in [0.15, 0.2) is 24.3 Å². The number of aromatic carboxylic acids is 1. The van der Waals surface area contributed by atoms with E-state index in [9.17, 15) is 9.59 Å². The minimum atomic E-state index is -0.980. The Labute approximate surface area is 106 Å². The summed E-state index contributed by atoms with van der Waals surface area (Å²) in [6, 6.07) is 6.20. The first kappa shape index (κ1) is 14.2. The quantitative estimate of drug-likeness (QED) is 0.846. The zero-order chi connectivity index (χ0) is 13.9. The number of hydrogen-bond donors (Lipinski definition) is 2. The van der Waals surface area contributed by atoms with E-state index in [0.717, 1.165) is 0 Å². The first-order valence-corrected chi connectivity index (χ1v) is 5.60. The van der Waals surface area contributed by atoms with Crippen molar-refractivity contribution in [2.45, 2.75) is 19.4 Å². The third-order valence-electron chi connectivity index (χ3n) is 2.97. The Morgan fingerprint density at radius 2 is 1.72 bits per heavy atom. The van der Waals surface area contributed by atoms with Gasteiger partial charge < -0.3 is 15.3 Å². The van der Waals surface area contributed by atoms with E-state index in [0.29, 0.717) is 5.69 Å². The lowest BCUT2D eigenvalue weighted by atomic mass is 10.0. The summed E-state index contributed by atoms with van der Waals surface area (Å²) in [5.41, 5.74) is 0.195. The molecule has 0 bridgehead atoms. The topological polar surface area (TPSA) is 69.6 Å². The summed E-state index contributed by atoms with van der Waals surface area (Å²) in [5, 5.41) is 11.7. The monoisotopic (exact) mass is 250 g/mol. The summed E-state index contributed by atoms with van der Waals surface area (Å²) in [6.45, 7) is 3.58. The molecule has 5 nitrogen and oxygen atoms in total. The summed E-state index contributed by atoms with van der Waals surface area (Å²) in [5.74, 6) is -1.07. The number of carbonyl (C=O) groups excluding carboxylic acids is 1. The number of carboxylic acid groups (broad SMARTS) is 1. The third kappa shape index (κ3) is 2.87. The summed E-state index contributed by atoms with van der Waals surface area (Å²) in [7, 11) is 3.39. The second-order valence-corrected chi connectivity index (χ2v) is 4.59. The van der Waals surface area contributed by atoms with Gasteiger partial charge in [-0.05, 0) is 45.2 Å². The predicted molar refractivity (Wildman–Crippen MR) is 70.0 cm³/mol. The van der Waals surface area contributed by atoms with E-state index in [1.165, 1.54) is 17.0 Å². The Bertz CT molecular complexity index is 452. The fourth-order valence-corrected chi connectivity index (χ4v) is 1.47. The van der Waals surface area contributed by atoms with Crippen LogP contribution < -0.4 is 10.2 Å². The smallest absolute Gasteiger partial charge is 0.335 e. The number of benzene rings is 1. The number of amides is 1. The van der Waals surface area contributed by atoms with Crippen LogP contribution in [-0.4, -0.2) is 36.6 Å². The van der Waals surface area contributed by atoms with Gasteiger partial charge in [0.2, 0.25) is 5.91 Å². The molecule has 0 aliphatic heterocycles. The maximum atomic E-state index is 12.2. The van der Waals surface area contributed by atoms with Gasteiger partial charge in [0.15, 0.2) is 0 Å². The highest BCUT2D eigenvalue weighted by molar-refractivity contribution is 5.99. The van der Waals surface area contributed by atoms with Crippen molar-refractivity contribution in [3.63, 3.8) is 0 Å². The average molecular weight is 250 g/mol. The maximum absolute atomic E-state index is 12.2. The van der Waals surface area contributed by atoms with E-state index < -0.39 is 11.5 Å². The molecule has 0 aliphatic carbocycles. The summed E-state index contributed by atoms with van der Waals surface area (Å²) < 4.78 is 0. The molecule has 2 N–H and O–H groups in total. The minimum Gasteiger partial charge on any atom is -0.478 e. The molecular formula is C13H18N2O3. The molecule has 1 amide bonds. The van der Waals surface area contributed by atoms with Gasteiger partial charge in [0, 0.05) is 12.7 Å². The zero-order valence-electron chi connectivity index (χ0n) is 11.0. The molecule has 0 radical (unpaired) electrons. The largest absolute Gasteiger partial charge is 0.478 e. The molecule has 1 aromatic carbocycles. The molecule has 0 fully saturated rings. The molecular weight excluding hydrogens is 232 g/mol. The van der Waals surface area contributed by atoms with Gasteiger partial charge >= 0.3 is 5.97 Å². The van der Waals surface area contributed by atoms with Crippen LogP contribution in [0.1, 0.15) is 24.2 Å². The average Bonchev–Trinajstić information content (AvgIpc) is 2.37. The van der Waals surface area contributed by atoms with E-state index in [1.807, 2.05) is 0 Å². The number of likely N-dealkylation sites (N-methyl/N-ethyl adjacent to an activating group) is 2. The fraction of sp³-hybridized carbons (Fsp3) is 0.385. The van der Waals surface area contributed by atoms with Gasteiger partial charge in [0.1, 0.15) is 0 Å². The number of hydrogen-bond acceptors (Lipinski definition) is 3. The molecule has 5 heteroatoms. The van der Waals surface area contributed by atoms with E-state index >= 15 is 0 Å². The van der Waals surface area contributed by atoms with Gasteiger partial charge in [-0.2, -0.15) is 0 Å². The SMILES string of the molecule is CNC(C)(C)C(=O)N(C)c1ccc(C(=O)O)cc1. The van der Waals surface area contributed by atoms with Crippen molar-refractivity contribution in [3.05, 3.63) is 29.8 Å². The molecule has 98 valence electrons. The van der Waals surface area contributed by atoms with Crippen molar-refractivity contribution < 1.29 is 14.7 Å². The van der Waals surface area contributed by atoms with Crippen molar-refractivity contribution in [1.82, 2.24) is 5.32 Å². The summed E-state index contributed by atoms with van der Waals surface area (Å²) in [4.78, 5) is 24.4. The molecule has 0 saturated carbocycles. The van der Waals surface area contributed by atoms with Crippen LogP contribution in [0.3, 0.4) is 0 Å². The summed E-state index contributed by atoms with van der Waals surface area (Å²) in [6.07, 6.45) is 0. The van der Waals surface area contributed by atoms with Crippen molar-refractivity contribution in [1.29, 1.82) is 0 Å². The molecule has 1 aromatic rings. The molecule has 0 aliphatic rings. The van der Waals surface area contributed by atoms with Gasteiger partial charge in [0.25, 0.3) is 0 Å². The van der Waals surface area contributed by atoms with Gasteiger partial charge in [-0.3, -0.25) is 4.79 Å². The number of anilines is 1. The first-order valence-electron chi connectivity index (χ1n) is 5.60. The van der Waals surface area contributed by atoms with Gasteiger partial charge in [-0.25, -0.2) is 4.79 Å². The molecule has 0 saturated heterocycles. The molecule has 0 heterocycles. The molecule has 0 aromatic heterocycles. The normalized spacial score (nSPS) is 11.1. The Morgan fingerprint density at radius 1 is 1.22 bits per heavy atom. The van der Waals surface area contributed by atoms with Crippen molar-refractivity contribution >= 4 is 17.6 Å². The Morgan fingerprint density at radius 3 is 2.11 bits per heavy atom. The highest BCUT2D eigenvalue weighted by atomic mass is 16.4. The molecule has 0 atom stereocenters. The predicted octanol–water partition coefficient (Wildman–Crippen LogP) is 1.35. The summed E-state index contributed by atoms with van der Waals surface area (Å²) >= 11 is 0. The number of nitrogens with one attached hydrogen (secondary N) is 1. The van der Waals surface area contributed by atoms with Crippen molar-refractivity contribution in [2.75, 3.05) is 19.0 Å². The zero-order valence-corrected chi connectivity index (χ0v) is 11.0. The van der Waals surface area contributed by atoms with Crippen LogP contribution >= 0.6 is 0 Å². The number of rotatable bonds is 4. The van der Waals surface area contributed by atoms with Crippen LogP contribution in [-0.2, 0) is 4.79 Å². The second kappa shape index (κ2) is 5.18.